The average molecular weight is 418 g/mol. The molecule has 0 saturated carbocycles. The van der Waals surface area contributed by atoms with Crippen molar-refractivity contribution in [2.75, 3.05) is 26.7 Å². The van der Waals surface area contributed by atoms with E-state index in [-0.39, 0.29) is 6.61 Å². The highest BCUT2D eigenvalue weighted by atomic mass is 32.1. The molecular weight excluding hydrogens is 397 g/mol. The minimum atomic E-state index is -4.34. The Morgan fingerprint density at radius 2 is 1.86 bits per heavy atom. The molecule has 0 radical (unpaired) electrons. The van der Waals surface area contributed by atoms with Crippen molar-refractivity contribution in [3.8, 4) is 23.1 Å². The molecule has 1 heterocycles. The molecule has 0 bridgehead atoms. The molecule has 2 aromatic carbocycles. The fraction of sp³-hybridized carbons (Fsp3) is 0.318. The lowest BCUT2D eigenvalue weighted by molar-refractivity contribution is -0.137. The monoisotopic (exact) mass is 418 g/mol. The first-order valence-electron chi connectivity index (χ1n) is 9.24. The molecule has 0 aliphatic rings. The fourth-order valence-corrected chi connectivity index (χ4v) is 3.76. The van der Waals surface area contributed by atoms with Crippen LogP contribution in [0.2, 0.25) is 0 Å². The van der Waals surface area contributed by atoms with Crippen LogP contribution in [-0.2, 0) is 6.18 Å². The van der Waals surface area contributed by atoms with Crippen LogP contribution in [0.4, 0.5) is 13.2 Å². The van der Waals surface area contributed by atoms with Crippen molar-refractivity contribution in [1.29, 1.82) is 0 Å². The molecule has 3 nitrogen and oxygen atoms in total. The Morgan fingerprint density at radius 3 is 2.55 bits per heavy atom. The zero-order chi connectivity index (χ0) is 20.9. The van der Waals surface area contributed by atoms with Gasteiger partial charge in [-0.1, -0.05) is 30.0 Å². The number of alkyl halides is 3. The number of rotatable bonds is 6. The van der Waals surface area contributed by atoms with Crippen LogP contribution in [0.1, 0.15) is 24.0 Å². The van der Waals surface area contributed by atoms with E-state index in [4.69, 9.17) is 5.11 Å². The van der Waals surface area contributed by atoms with Gasteiger partial charge >= 0.3 is 6.18 Å². The Balaban J connectivity index is 1.70. The van der Waals surface area contributed by atoms with Crippen molar-refractivity contribution >= 4 is 21.6 Å². The van der Waals surface area contributed by atoms with Gasteiger partial charge in [-0.3, -0.25) is 0 Å². The third kappa shape index (κ3) is 5.57. The van der Waals surface area contributed by atoms with Crippen LogP contribution in [0.25, 0.3) is 21.3 Å². The number of aliphatic hydroxyl groups excluding tert-OH is 1. The van der Waals surface area contributed by atoms with Crippen LogP contribution in [-0.4, -0.2) is 41.1 Å². The summed E-state index contributed by atoms with van der Waals surface area (Å²) >= 11 is 1.32. The number of benzene rings is 2. The minimum Gasteiger partial charge on any atom is -0.395 e. The molecule has 3 aromatic rings. The first-order chi connectivity index (χ1) is 13.9. The summed E-state index contributed by atoms with van der Waals surface area (Å²) in [5, 5.41) is 9.78. The Morgan fingerprint density at radius 1 is 1.10 bits per heavy atom. The third-order valence-electron chi connectivity index (χ3n) is 4.51. The molecular formula is C22H21F3N2OS. The van der Waals surface area contributed by atoms with E-state index in [1.54, 1.807) is 0 Å². The standard InChI is InChI=1S/C22H21F3N2OS/c1-27(13-14-28)12-4-2-3-5-16-6-11-19-20(15-16)29-26-21(19)17-7-9-18(10-8-17)22(23,24)25/h6-11,15,28H,2,4,12-14H2,1H3. The number of hydrogen-bond acceptors (Lipinski definition) is 4. The highest BCUT2D eigenvalue weighted by Gasteiger charge is 2.30. The SMILES string of the molecule is CN(CCO)CCCC#Cc1ccc2c(-c3ccc(C(F)(F)F)cc3)nsc2c1. The maximum Gasteiger partial charge on any atom is 0.416 e. The van der Waals surface area contributed by atoms with E-state index in [0.29, 0.717) is 17.8 Å². The lowest BCUT2D eigenvalue weighted by atomic mass is 10.0. The Labute approximate surface area is 172 Å². The van der Waals surface area contributed by atoms with E-state index >= 15 is 0 Å². The van der Waals surface area contributed by atoms with Crippen molar-refractivity contribution < 1.29 is 18.3 Å². The van der Waals surface area contributed by atoms with Gasteiger partial charge in [0.05, 0.1) is 22.6 Å². The lowest BCUT2D eigenvalue weighted by Gasteiger charge is -2.13. The van der Waals surface area contributed by atoms with Crippen molar-refractivity contribution in [3.63, 3.8) is 0 Å². The summed E-state index contributed by atoms with van der Waals surface area (Å²) in [7, 11) is 1.97. The summed E-state index contributed by atoms with van der Waals surface area (Å²) in [4.78, 5) is 2.06. The van der Waals surface area contributed by atoms with Crippen LogP contribution in [0, 0.1) is 11.8 Å². The average Bonchev–Trinajstić information content (AvgIpc) is 3.10. The summed E-state index contributed by atoms with van der Waals surface area (Å²) in [5.74, 6) is 6.31. The molecule has 0 aliphatic carbocycles. The van der Waals surface area contributed by atoms with Crippen LogP contribution in [0.5, 0.6) is 0 Å². The molecule has 0 amide bonds. The zero-order valence-corrected chi connectivity index (χ0v) is 16.8. The van der Waals surface area contributed by atoms with Gasteiger partial charge in [-0.05, 0) is 55.8 Å². The zero-order valence-electron chi connectivity index (χ0n) is 16.0. The highest BCUT2D eigenvalue weighted by Crippen LogP contribution is 2.34. The number of fused-ring (bicyclic) bond motifs is 1. The normalized spacial score (nSPS) is 11.7. The summed E-state index contributed by atoms with van der Waals surface area (Å²) in [6.07, 6.45) is -2.64. The van der Waals surface area contributed by atoms with Crippen molar-refractivity contribution in [3.05, 3.63) is 53.6 Å². The topological polar surface area (TPSA) is 36.4 Å². The number of aromatic nitrogens is 1. The van der Waals surface area contributed by atoms with Gasteiger partial charge in [0.1, 0.15) is 0 Å². The lowest BCUT2D eigenvalue weighted by Crippen LogP contribution is -2.22. The molecule has 7 heteroatoms. The Kier molecular flexibility index (Phi) is 6.91. The quantitative estimate of drug-likeness (QED) is 0.450. The van der Waals surface area contributed by atoms with Crippen molar-refractivity contribution in [1.82, 2.24) is 9.27 Å². The number of unbranched alkanes of at least 4 members (excludes halogenated alkanes) is 1. The van der Waals surface area contributed by atoms with Crippen LogP contribution < -0.4 is 0 Å². The van der Waals surface area contributed by atoms with E-state index in [0.717, 1.165) is 47.2 Å². The van der Waals surface area contributed by atoms with Crippen LogP contribution >= 0.6 is 11.5 Å². The van der Waals surface area contributed by atoms with Gasteiger partial charge in [-0.25, -0.2) is 0 Å². The van der Waals surface area contributed by atoms with Crippen LogP contribution in [0.15, 0.2) is 42.5 Å². The molecule has 29 heavy (non-hydrogen) atoms. The summed E-state index contributed by atoms with van der Waals surface area (Å²) in [6, 6.07) is 10.9. The predicted octanol–water partition coefficient (Wildman–Crippen LogP) is 5.04. The molecule has 0 fully saturated rings. The number of hydrogen-bond donors (Lipinski definition) is 1. The van der Waals surface area contributed by atoms with E-state index < -0.39 is 11.7 Å². The smallest absolute Gasteiger partial charge is 0.395 e. The number of nitrogens with zero attached hydrogens (tertiary/aromatic N) is 2. The van der Waals surface area contributed by atoms with Gasteiger partial charge in [0.15, 0.2) is 0 Å². The first-order valence-corrected chi connectivity index (χ1v) is 10.0. The molecule has 1 N–H and O–H groups in total. The maximum atomic E-state index is 12.7. The van der Waals surface area contributed by atoms with E-state index in [9.17, 15) is 13.2 Å². The maximum absolute atomic E-state index is 12.7. The van der Waals surface area contributed by atoms with Crippen LogP contribution in [0.3, 0.4) is 0 Å². The van der Waals surface area contributed by atoms with E-state index in [1.165, 1.54) is 23.7 Å². The van der Waals surface area contributed by atoms with Gasteiger partial charge in [-0.2, -0.15) is 17.5 Å². The van der Waals surface area contributed by atoms with Gasteiger partial charge in [0.25, 0.3) is 0 Å². The minimum absolute atomic E-state index is 0.158. The van der Waals surface area contributed by atoms with E-state index in [1.807, 2.05) is 25.2 Å². The first kappa shape index (κ1) is 21.3. The summed E-state index contributed by atoms with van der Waals surface area (Å²) in [5.41, 5.74) is 1.57. The fourth-order valence-electron chi connectivity index (χ4n) is 2.92. The highest BCUT2D eigenvalue weighted by molar-refractivity contribution is 7.13. The van der Waals surface area contributed by atoms with Gasteiger partial charge in [0.2, 0.25) is 0 Å². The molecule has 0 atom stereocenters. The summed E-state index contributed by atoms with van der Waals surface area (Å²) < 4.78 is 43.6. The molecule has 0 saturated heterocycles. The Hall–Kier alpha value is -2.40. The molecule has 3 rings (SSSR count). The molecule has 0 spiro atoms. The number of aliphatic hydroxyl groups is 1. The van der Waals surface area contributed by atoms with Gasteiger partial charge in [-0.15, -0.1) is 0 Å². The molecule has 0 unspecified atom stereocenters. The number of likely N-dealkylation sites (N-methyl/N-ethyl adjacent to an activating group) is 1. The largest absolute Gasteiger partial charge is 0.416 e. The summed E-state index contributed by atoms with van der Waals surface area (Å²) in [6.45, 7) is 1.71. The second kappa shape index (κ2) is 9.40. The molecule has 152 valence electrons. The number of halogens is 3. The predicted molar refractivity (Wildman–Crippen MR) is 111 cm³/mol. The van der Waals surface area contributed by atoms with Gasteiger partial charge in [0, 0.05) is 29.5 Å². The van der Waals surface area contributed by atoms with Crippen molar-refractivity contribution in [2.45, 2.75) is 19.0 Å². The van der Waals surface area contributed by atoms with E-state index in [2.05, 4.69) is 21.1 Å². The third-order valence-corrected chi connectivity index (χ3v) is 5.32. The second-order valence-corrected chi connectivity index (χ2v) is 7.55. The van der Waals surface area contributed by atoms with Gasteiger partial charge < -0.3 is 10.0 Å². The Bertz CT molecular complexity index is 1020. The molecule has 1 aromatic heterocycles. The second-order valence-electron chi connectivity index (χ2n) is 6.75. The van der Waals surface area contributed by atoms with Crippen molar-refractivity contribution in [2.24, 2.45) is 0 Å². The molecule has 0 aliphatic heterocycles.